The molecule has 118 valence electrons. The first-order valence-corrected chi connectivity index (χ1v) is 6.90. The predicted molar refractivity (Wildman–Crippen MR) is 78.9 cm³/mol. The highest BCUT2D eigenvalue weighted by atomic mass is 19.1. The number of nitrogens with zero attached hydrogens (tertiary/aromatic N) is 1. The fourth-order valence-electron chi connectivity index (χ4n) is 2.32. The van der Waals surface area contributed by atoms with Crippen LogP contribution in [0.3, 0.4) is 0 Å². The number of hydrogen-bond acceptors (Lipinski definition) is 4. The Hall–Kier alpha value is -2.02. The zero-order valence-corrected chi connectivity index (χ0v) is 12.3. The van der Waals surface area contributed by atoms with Crippen LogP contribution in [-0.4, -0.2) is 30.1 Å². The first-order valence-electron chi connectivity index (χ1n) is 6.90. The molecule has 5 nitrogen and oxygen atoms in total. The SMILES string of the molecule is CO[C@H](c1ccc(-c2ccc(CO)[n+](O)c2)cc1)[C@H](N)CF. The van der Waals surface area contributed by atoms with E-state index in [1.807, 2.05) is 24.3 Å². The summed E-state index contributed by atoms with van der Waals surface area (Å²) in [4.78, 5) is 0. The third-order valence-electron chi connectivity index (χ3n) is 3.57. The van der Waals surface area contributed by atoms with Gasteiger partial charge in [-0.25, -0.2) is 4.39 Å². The van der Waals surface area contributed by atoms with Crippen molar-refractivity contribution >= 4 is 0 Å². The number of hydrogen-bond donors (Lipinski definition) is 3. The van der Waals surface area contributed by atoms with Crippen molar-refractivity contribution in [2.45, 2.75) is 18.8 Å². The number of aliphatic hydroxyl groups is 1. The van der Waals surface area contributed by atoms with Gasteiger partial charge in [0.05, 0.1) is 17.7 Å². The Morgan fingerprint density at radius 1 is 1.18 bits per heavy atom. The third kappa shape index (κ3) is 3.41. The van der Waals surface area contributed by atoms with E-state index in [4.69, 9.17) is 15.6 Å². The van der Waals surface area contributed by atoms with Crippen LogP contribution in [-0.2, 0) is 11.3 Å². The number of methoxy groups -OCH3 is 1. The molecule has 0 amide bonds. The molecule has 2 aromatic rings. The van der Waals surface area contributed by atoms with Gasteiger partial charge < -0.3 is 15.6 Å². The maximum atomic E-state index is 12.7. The second-order valence-electron chi connectivity index (χ2n) is 5.01. The van der Waals surface area contributed by atoms with Crippen molar-refractivity contribution < 1.29 is 24.2 Å². The highest BCUT2D eigenvalue weighted by Gasteiger charge is 2.19. The Bertz CT molecular complexity index is 619. The highest BCUT2D eigenvalue weighted by molar-refractivity contribution is 5.62. The molecule has 0 fully saturated rings. The minimum Gasteiger partial charge on any atom is -0.385 e. The Kier molecular flexibility index (Phi) is 5.43. The molecule has 0 saturated carbocycles. The van der Waals surface area contributed by atoms with Crippen molar-refractivity contribution in [1.29, 1.82) is 0 Å². The quantitative estimate of drug-likeness (QED) is 0.556. The zero-order chi connectivity index (χ0) is 16.1. The van der Waals surface area contributed by atoms with E-state index in [2.05, 4.69) is 0 Å². The van der Waals surface area contributed by atoms with Crippen LogP contribution < -0.4 is 10.5 Å². The Morgan fingerprint density at radius 2 is 1.82 bits per heavy atom. The number of nitrogens with two attached hydrogens (primary N) is 1. The molecule has 1 heterocycles. The number of benzene rings is 1. The number of aliphatic hydroxyl groups excluding tert-OH is 1. The average Bonchev–Trinajstić information content (AvgIpc) is 2.56. The molecule has 0 radical (unpaired) electrons. The van der Waals surface area contributed by atoms with E-state index in [1.165, 1.54) is 13.3 Å². The smallest absolute Gasteiger partial charge is 0.259 e. The van der Waals surface area contributed by atoms with Gasteiger partial charge in [-0.15, -0.1) is 0 Å². The molecule has 0 aliphatic heterocycles. The molecular formula is C16H20FN2O3+. The summed E-state index contributed by atoms with van der Waals surface area (Å²) in [5.74, 6) is 0. The molecule has 0 aliphatic rings. The van der Waals surface area contributed by atoms with E-state index in [-0.39, 0.29) is 6.61 Å². The number of halogens is 1. The highest BCUT2D eigenvalue weighted by Crippen LogP contribution is 2.24. The fourth-order valence-corrected chi connectivity index (χ4v) is 2.32. The molecule has 0 saturated heterocycles. The number of aromatic nitrogens is 1. The lowest BCUT2D eigenvalue weighted by Crippen LogP contribution is -2.34. The molecule has 0 bridgehead atoms. The minimum absolute atomic E-state index is 0.244. The van der Waals surface area contributed by atoms with E-state index in [0.717, 1.165) is 21.4 Å². The summed E-state index contributed by atoms with van der Waals surface area (Å²) in [5.41, 5.74) is 8.55. The third-order valence-corrected chi connectivity index (χ3v) is 3.57. The molecule has 2 rings (SSSR count). The summed E-state index contributed by atoms with van der Waals surface area (Å²) in [6.45, 7) is -0.903. The summed E-state index contributed by atoms with van der Waals surface area (Å²) in [6.07, 6.45) is 1.01. The topological polar surface area (TPSA) is 79.6 Å². The number of ether oxygens (including phenoxy) is 1. The maximum Gasteiger partial charge on any atom is 0.259 e. The van der Waals surface area contributed by atoms with Gasteiger partial charge in [0.25, 0.3) is 5.69 Å². The van der Waals surface area contributed by atoms with Gasteiger partial charge in [-0.1, -0.05) is 24.3 Å². The lowest BCUT2D eigenvalue weighted by atomic mass is 9.99. The van der Waals surface area contributed by atoms with E-state index >= 15 is 0 Å². The molecule has 4 N–H and O–H groups in total. The van der Waals surface area contributed by atoms with Crippen molar-refractivity contribution in [3.05, 3.63) is 53.9 Å². The lowest BCUT2D eigenvalue weighted by molar-refractivity contribution is -0.910. The van der Waals surface area contributed by atoms with Gasteiger partial charge in [-0.05, 0) is 17.2 Å². The van der Waals surface area contributed by atoms with Crippen LogP contribution in [0.5, 0.6) is 0 Å². The maximum absolute atomic E-state index is 12.7. The molecule has 0 aliphatic carbocycles. The Morgan fingerprint density at radius 3 is 2.32 bits per heavy atom. The first kappa shape index (κ1) is 16.4. The molecule has 0 spiro atoms. The monoisotopic (exact) mass is 307 g/mol. The van der Waals surface area contributed by atoms with Crippen LogP contribution in [0.4, 0.5) is 4.39 Å². The molecule has 22 heavy (non-hydrogen) atoms. The summed E-state index contributed by atoms with van der Waals surface area (Å²) in [6, 6.07) is 10.1. The number of alkyl halides is 1. The minimum atomic E-state index is -0.709. The van der Waals surface area contributed by atoms with Crippen LogP contribution in [0.1, 0.15) is 17.4 Å². The number of pyridine rings is 1. The van der Waals surface area contributed by atoms with Crippen molar-refractivity contribution in [3.8, 4) is 11.1 Å². The number of rotatable bonds is 6. The largest absolute Gasteiger partial charge is 0.385 e. The van der Waals surface area contributed by atoms with Crippen molar-refractivity contribution in [2.24, 2.45) is 5.73 Å². The van der Waals surface area contributed by atoms with E-state index in [1.54, 1.807) is 12.1 Å². The van der Waals surface area contributed by atoms with Gasteiger partial charge in [0.1, 0.15) is 13.3 Å². The molecule has 2 atom stereocenters. The van der Waals surface area contributed by atoms with Gasteiger partial charge >= 0.3 is 0 Å². The molecule has 0 unspecified atom stereocenters. The van der Waals surface area contributed by atoms with Crippen LogP contribution >= 0.6 is 0 Å². The lowest BCUT2D eigenvalue weighted by Gasteiger charge is -2.20. The summed E-state index contributed by atoms with van der Waals surface area (Å²) < 4.78 is 18.8. The van der Waals surface area contributed by atoms with Gasteiger partial charge in [0.15, 0.2) is 0 Å². The summed E-state index contributed by atoms with van der Waals surface area (Å²) >= 11 is 0. The molecule has 1 aromatic heterocycles. The molecule has 6 heteroatoms. The fraction of sp³-hybridized carbons (Fsp3) is 0.312. The summed E-state index contributed by atoms with van der Waals surface area (Å²) in [5, 5.41) is 18.8. The van der Waals surface area contributed by atoms with Gasteiger partial charge in [0, 0.05) is 17.9 Å². The van der Waals surface area contributed by atoms with Crippen molar-refractivity contribution in [1.82, 2.24) is 0 Å². The average molecular weight is 307 g/mol. The molecule has 1 aromatic carbocycles. The zero-order valence-electron chi connectivity index (χ0n) is 12.3. The van der Waals surface area contributed by atoms with E-state index in [0.29, 0.717) is 5.69 Å². The van der Waals surface area contributed by atoms with E-state index in [9.17, 15) is 9.60 Å². The van der Waals surface area contributed by atoms with Gasteiger partial charge in [0.2, 0.25) is 6.20 Å². The van der Waals surface area contributed by atoms with Crippen LogP contribution in [0.15, 0.2) is 42.6 Å². The Balaban J connectivity index is 2.26. The second kappa shape index (κ2) is 7.31. The Labute approximate surface area is 128 Å². The van der Waals surface area contributed by atoms with Crippen LogP contribution in [0.25, 0.3) is 11.1 Å². The van der Waals surface area contributed by atoms with E-state index < -0.39 is 18.8 Å². The first-order chi connectivity index (χ1) is 10.6. The van der Waals surface area contributed by atoms with Gasteiger partial charge in [-0.3, -0.25) is 5.21 Å². The summed E-state index contributed by atoms with van der Waals surface area (Å²) in [7, 11) is 1.50. The van der Waals surface area contributed by atoms with Crippen LogP contribution in [0.2, 0.25) is 0 Å². The standard InChI is InChI=1S/C16H20FN2O3/c1-22-16(15(18)8-17)12-4-2-11(3-5-12)13-6-7-14(10-20)19(21)9-13/h2-7,9,15-16,20-21H,8,10,18H2,1H3/q+1/t15-,16-/m1/s1. The molecular weight excluding hydrogens is 287 g/mol. The van der Waals surface area contributed by atoms with Crippen molar-refractivity contribution in [2.75, 3.05) is 13.8 Å². The second-order valence-corrected chi connectivity index (χ2v) is 5.01. The predicted octanol–water partition coefficient (Wildman–Crippen LogP) is 1.35. The normalized spacial score (nSPS) is 13.8. The van der Waals surface area contributed by atoms with Crippen LogP contribution in [0, 0.1) is 0 Å². The van der Waals surface area contributed by atoms with Gasteiger partial charge in [-0.2, -0.15) is 0 Å². The van der Waals surface area contributed by atoms with Crippen molar-refractivity contribution in [3.63, 3.8) is 0 Å².